The first kappa shape index (κ1) is 23.5. The van der Waals surface area contributed by atoms with Crippen LogP contribution >= 0.6 is 35.3 Å². The Morgan fingerprint density at radius 3 is 2.90 bits per heavy atom. The monoisotopic (exact) mass is 528 g/mol. The van der Waals surface area contributed by atoms with Crippen LogP contribution in [0.2, 0.25) is 0 Å². The average molecular weight is 528 g/mol. The first-order chi connectivity index (χ1) is 13.7. The highest BCUT2D eigenvalue weighted by Gasteiger charge is 2.21. The molecule has 0 aliphatic carbocycles. The Morgan fingerprint density at radius 2 is 2.10 bits per heavy atom. The predicted octanol–water partition coefficient (Wildman–Crippen LogP) is 3.40. The second-order valence-corrected chi connectivity index (χ2v) is 7.58. The Morgan fingerprint density at radius 1 is 1.28 bits per heavy atom. The Bertz CT molecular complexity index is 825. The SMILES string of the molecule is CCOc1ccccc1CNC(=NC)NCCC(=O)N1CCc2sccc2C1.I. The number of halogens is 1. The number of thiophene rings is 1. The minimum absolute atomic E-state index is 0. The molecule has 1 aliphatic rings. The minimum atomic E-state index is 0. The van der Waals surface area contributed by atoms with E-state index in [1.807, 2.05) is 36.1 Å². The number of carbonyl (C=O) groups excluding carboxylic acids is 1. The van der Waals surface area contributed by atoms with Crippen molar-refractivity contribution in [2.75, 3.05) is 26.7 Å². The molecule has 0 saturated carbocycles. The van der Waals surface area contributed by atoms with E-state index in [-0.39, 0.29) is 29.9 Å². The number of nitrogens with one attached hydrogen (secondary N) is 2. The smallest absolute Gasteiger partial charge is 0.224 e. The summed E-state index contributed by atoms with van der Waals surface area (Å²) in [6.07, 6.45) is 1.42. The molecule has 29 heavy (non-hydrogen) atoms. The van der Waals surface area contributed by atoms with Gasteiger partial charge in [0, 0.05) is 50.1 Å². The first-order valence-electron chi connectivity index (χ1n) is 9.69. The van der Waals surface area contributed by atoms with E-state index in [1.54, 1.807) is 18.4 Å². The van der Waals surface area contributed by atoms with Crippen LogP contribution in [0.3, 0.4) is 0 Å². The second-order valence-electron chi connectivity index (χ2n) is 6.58. The highest BCUT2D eigenvalue weighted by atomic mass is 127. The second kappa shape index (κ2) is 12.0. The minimum Gasteiger partial charge on any atom is -0.494 e. The van der Waals surface area contributed by atoms with Crippen molar-refractivity contribution in [3.05, 3.63) is 51.7 Å². The van der Waals surface area contributed by atoms with Gasteiger partial charge >= 0.3 is 0 Å². The number of hydrogen-bond acceptors (Lipinski definition) is 4. The predicted molar refractivity (Wildman–Crippen MR) is 129 cm³/mol. The van der Waals surface area contributed by atoms with Gasteiger partial charge in [-0.1, -0.05) is 18.2 Å². The number of hydrogen-bond donors (Lipinski definition) is 2. The van der Waals surface area contributed by atoms with Crippen LogP contribution < -0.4 is 15.4 Å². The van der Waals surface area contributed by atoms with Gasteiger partial charge in [0.25, 0.3) is 0 Å². The summed E-state index contributed by atoms with van der Waals surface area (Å²) in [5.74, 6) is 1.74. The van der Waals surface area contributed by atoms with Crippen molar-refractivity contribution in [1.82, 2.24) is 15.5 Å². The molecule has 0 spiro atoms. The number of benzene rings is 1. The Balaban J connectivity index is 0.00000300. The number of nitrogens with zero attached hydrogens (tertiary/aromatic N) is 2. The number of para-hydroxylation sites is 1. The maximum absolute atomic E-state index is 12.5. The fourth-order valence-corrected chi connectivity index (χ4v) is 4.14. The van der Waals surface area contributed by atoms with Crippen molar-refractivity contribution in [3.8, 4) is 5.75 Å². The van der Waals surface area contributed by atoms with Crippen LogP contribution in [0.1, 0.15) is 29.3 Å². The van der Waals surface area contributed by atoms with Crippen LogP contribution in [-0.4, -0.2) is 43.5 Å². The summed E-state index contributed by atoms with van der Waals surface area (Å²) < 4.78 is 5.65. The molecule has 0 atom stereocenters. The van der Waals surface area contributed by atoms with Gasteiger partial charge in [0.15, 0.2) is 5.96 Å². The van der Waals surface area contributed by atoms with E-state index in [0.29, 0.717) is 32.1 Å². The largest absolute Gasteiger partial charge is 0.494 e. The van der Waals surface area contributed by atoms with Crippen molar-refractivity contribution in [1.29, 1.82) is 0 Å². The van der Waals surface area contributed by atoms with Crippen molar-refractivity contribution >= 4 is 47.2 Å². The molecule has 158 valence electrons. The zero-order chi connectivity index (χ0) is 19.8. The van der Waals surface area contributed by atoms with Gasteiger partial charge < -0.3 is 20.3 Å². The fourth-order valence-electron chi connectivity index (χ4n) is 3.25. The van der Waals surface area contributed by atoms with Crippen LogP contribution in [0.25, 0.3) is 0 Å². The van der Waals surface area contributed by atoms with E-state index >= 15 is 0 Å². The maximum atomic E-state index is 12.5. The summed E-state index contributed by atoms with van der Waals surface area (Å²) in [5.41, 5.74) is 2.37. The Hall–Kier alpha value is -1.81. The molecule has 2 N–H and O–H groups in total. The van der Waals surface area contributed by atoms with Crippen LogP contribution in [0, 0.1) is 0 Å². The molecule has 0 saturated heterocycles. The normalized spacial score (nSPS) is 13.3. The van der Waals surface area contributed by atoms with Crippen molar-refractivity contribution in [3.63, 3.8) is 0 Å². The zero-order valence-corrected chi connectivity index (χ0v) is 20.1. The Kier molecular flexibility index (Phi) is 9.72. The molecule has 1 amide bonds. The Labute approximate surface area is 193 Å². The number of fused-ring (bicyclic) bond motifs is 1. The number of aliphatic imine (C=N–C) groups is 1. The molecule has 0 bridgehead atoms. The van der Waals surface area contributed by atoms with E-state index < -0.39 is 0 Å². The molecular weight excluding hydrogens is 499 g/mol. The summed E-state index contributed by atoms with van der Waals surface area (Å²) in [6.45, 7) is 5.32. The van der Waals surface area contributed by atoms with Gasteiger partial charge in [0.2, 0.25) is 5.91 Å². The van der Waals surface area contributed by atoms with Gasteiger partial charge in [-0.25, -0.2) is 0 Å². The molecule has 1 aromatic carbocycles. The lowest BCUT2D eigenvalue weighted by molar-refractivity contribution is -0.131. The summed E-state index contributed by atoms with van der Waals surface area (Å²) in [5, 5.41) is 8.62. The number of rotatable bonds is 7. The van der Waals surface area contributed by atoms with E-state index in [1.165, 1.54) is 10.4 Å². The number of guanidine groups is 1. The highest BCUT2D eigenvalue weighted by molar-refractivity contribution is 14.0. The van der Waals surface area contributed by atoms with E-state index in [9.17, 15) is 4.79 Å². The quantitative estimate of drug-likeness (QED) is 0.329. The molecule has 0 unspecified atom stereocenters. The van der Waals surface area contributed by atoms with Crippen LogP contribution in [-0.2, 0) is 24.3 Å². The maximum Gasteiger partial charge on any atom is 0.224 e. The topological polar surface area (TPSA) is 66.0 Å². The average Bonchev–Trinajstić information content (AvgIpc) is 3.19. The molecule has 1 aliphatic heterocycles. The van der Waals surface area contributed by atoms with Gasteiger partial charge in [0.05, 0.1) is 6.61 Å². The molecule has 1 aromatic heterocycles. The van der Waals surface area contributed by atoms with Gasteiger partial charge in [-0.15, -0.1) is 35.3 Å². The van der Waals surface area contributed by atoms with Gasteiger partial charge in [0.1, 0.15) is 5.75 Å². The third-order valence-electron chi connectivity index (χ3n) is 4.73. The number of carbonyl (C=O) groups is 1. The lowest BCUT2D eigenvalue weighted by Gasteiger charge is -2.27. The van der Waals surface area contributed by atoms with Crippen molar-refractivity contribution in [2.24, 2.45) is 4.99 Å². The van der Waals surface area contributed by atoms with E-state index in [2.05, 4.69) is 27.1 Å². The molecule has 0 radical (unpaired) electrons. The number of ether oxygens (including phenoxy) is 1. The summed E-state index contributed by atoms with van der Waals surface area (Å²) in [7, 11) is 1.73. The van der Waals surface area contributed by atoms with Gasteiger partial charge in [-0.05, 0) is 36.4 Å². The molecule has 8 heteroatoms. The van der Waals surface area contributed by atoms with Crippen LogP contribution in [0.5, 0.6) is 5.75 Å². The highest BCUT2D eigenvalue weighted by Crippen LogP contribution is 2.24. The van der Waals surface area contributed by atoms with Crippen molar-refractivity contribution < 1.29 is 9.53 Å². The fraction of sp³-hybridized carbons (Fsp3) is 0.429. The van der Waals surface area contributed by atoms with E-state index in [4.69, 9.17) is 4.74 Å². The lowest BCUT2D eigenvalue weighted by atomic mass is 10.1. The number of amides is 1. The molecule has 3 rings (SSSR count). The molecule has 6 nitrogen and oxygen atoms in total. The summed E-state index contributed by atoms with van der Waals surface area (Å²) >= 11 is 1.79. The van der Waals surface area contributed by atoms with Gasteiger partial charge in [-0.2, -0.15) is 0 Å². The van der Waals surface area contributed by atoms with Crippen molar-refractivity contribution in [2.45, 2.75) is 32.9 Å². The van der Waals surface area contributed by atoms with Crippen LogP contribution in [0.4, 0.5) is 0 Å². The first-order valence-corrected chi connectivity index (χ1v) is 10.6. The summed E-state index contributed by atoms with van der Waals surface area (Å²) in [6, 6.07) is 10.1. The molecule has 2 heterocycles. The molecular formula is C21H29IN4O2S. The molecule has 0 fully saturated rings. The van der Waals surface area contributed by atoms with Crippen LogP contribution in [0.15, 0.2) is 40.7 Å². The third kappa shape index (κ3) is 6.60. The van der Waals surface area contributed by atoms with E-state index in [0.717, 1.165) is 30.8 Å². The third-order valence-corrected chi connectivity index (χ3v) is 5.76. The lowest BCUT2D eigenvalue weighted by Crippen LogP contribution is -2.40. The molecule has 2 aromatic rings. The standard InChI is InChI=1S/C21H28N4O2S.HI/c1-3-27-18-7-5-4-6-16(18)14-24-21(22-2)23-11-8-20(26)25-12-9-19-17(15-25)10-13-28-19;/h4-7,10,13H,3,8-9,11-12,14-15H2,1-2H3,(H2,22,23,24);1H. The van der Waals surface area contributed by atoms with Gasteiger partial charge in [-0.3, -0.25) is 9.79 Å². The summed E-state index contributed by atoms with van der Waals surface area (Å²) in [4.78, 5) is 20.1. The zero-order valence-electron chi connectivity index (χ0n) is 16.9.